The molecule has 1 saturated carbocycles. The summed E-state index contributed by atoms with van der Waals surface area (Å²) in [5.74, 6) is 0.802. The number of rotatable bonds is 4. The van der Waals surface area contributed by atoms with Gasteiger partial charge in [0.2, 0.25) is 0 Å². The highest BCUT2D eigenvalue weighted by molar-refractivity contribution is 6.30. The third-order valence-corrected chi connectivity index (χ3v) is 6.87. The fourth-order valence-corrected chi connectivity index (χ4v) is 5.20. The van der Waals surface area contributed by atoms with E-state index in [1.807, 2.05) is 4.68 Å². The second kappa shape index (κ2) is 7.78. The molecule has 0 amide bonds. The lowest BCUT2D eigenvalue weighted by Crippen LogP contribution is -2.21. The zero-order chi connectivity index (χ0) is 20.8. The molecule has 1 aromatic carbocycles. The van der Waals surface area contributed by atoms with Crippen LogP contribution in [0.4, 0.5) is 4.39 Å². The van der Waals surface area contributed by atoms with Crippen molar-refractivity contribution in [3.8, 4) is 0 Å². The van der Waals surface area contributed by atoms with E-state index in [0.717, 1.165) is 37.3 Å². The van der Waals surface area contributed by atoms with Gasteiger partial charge in [-0.2, -0.15) is 5.10 Å². The molecular weight excluding hydrogens is 405 g/mol. The van der Waals surface area contributed by atoms with Gasteiger partial charge >= 0.3 is 0 Å². The molecule has 3 aromatic rings. The molecule has 1 N–H and O–H groups in total. The number of benzene rings is 1. The van der Waals surface area contributed by atoms with Crippen LogP contribution in [0.1, 0.15) is 56.0 Å². The minimum Gasteiger partial charge on any atom is -0.310 e. The van der Waals surface area contributed by atoms with Gasteiger partial charge in [0, 0.05) is 25.6 Å². The molecule has 0 unspecified atom stereocenters. The molecule has 0 bridgehead atoms. The van der Waals surface area contributed by atoms with E-state index in [0.29, 0.717) is 29.5 Å². The molecular formula is C22H25ClFN5O. The molecule has 158 valence electrons. The maximum absolute atomic E-state index is 13.4. The van der Waals surface area contributed by atoms with Crippen molar-refractivity contribution >= 4 is 22.6 Å². The summed E-state index contributed by atoms with van der Waals surface area (Å²) in [6.45, 7) is 4.53. The quantitative estimate of drug-likeness (QED) is 0.672. The van der Waals surface area contributed by atoms with Crippen molar-refractivity contribution in [2.45, 2.75) is 51.1 Å². The minimum absolute atomic E-state index is 0.116. The van der Waals surface area contributed by atoms with Crippen molar-refractivity contribution in [2.24, 2.45) is 5.92 Å². The SMILES string of the molecule is C[C@@H]1CN(Cc2ccc(F)c(Cl)c2)C[C@H]1c1nc2c(cnn2C2CCCC2)c(=O)[nH]1. The topological polar surface area (TPSA) is 66.8 Å². The molecule has 0 spiro atoms. The van der Waals surface area contributed by atoms with E-state index in [-0.39, 0.29) is 16.5 Å². The molecule has 1 aliphatic heterocycles. The Morgan fingerprint density at radius 2 is 2.07 bits per heavy atom. The molecule has 8 heteroatoms. The number of halogens is 2. The number of hydrogen-bond acceptors (Lipinski definition) is 4. The number of aromatic amines is 1. The number of H-pyrrole nitrogens is 1. The van der Waals surface area contributed by atoms with Crippen LogP contribution in [0, 0.1) is 11.7 Å². The highest BCUT2D eigenvalue weighted by Gasteiger charge is 2.33. The van der Waals surface area contributed by atoms with E-state index in [1.54, 1.807) is 18.3 Å². The van der Waals surface area contributed by atoms with Gasteiger partial charge in [-0.05, 0) is 36.5 Å². The molecule has 2 aliphatic rings. The fraction of sp³-hybridized carbons (Fsp3) is 0.500. The van der Waals surface area contributed by atoms with Gasteiger partial charge in [-0.1, -0.05) is 37.4 Å². The highest BCUT2D eigenvalue weighted by atomic mass is 35.5. The molecule has 5 rings (SSSR count). The molecule has 3 heterocycles. The summed E-state index contributed by atoms with van der Waals surface area (Å²) in [6, 6.07) is 5.20. The fourth-order valence-electron chi connectivity index (χ4n) is 4.99. The van der Waals surface area contributed by atoms with Crippen LogP contribution in [-0.2, 0) is 6.54 Å². The summed E-state index contributed by atoms with van der Waals surface area (Å²) in [7, 11) is 0. The second-order valence-electron chi connectivity index (χ2n) is 8.74. The first-order valence-corrected chi connectivity index (χ1v) is 11.0. The van der Waals surface area contributed by atoms with Gasteiger partial charge in [-0.15, -0.1) is 0 Å². The molecule has 0 radical (unpaired) electrons. The summed E-state index contributed by atoms with van der Waals surface area (Å²) in [4.78, 5) is 22.9. The normalized spacial score (nSPS) is 23.0. The lowest BCUT2D eigenvalue weighted by atomic mass is 9.97. The molecule has 1 saturated heterocycles. The Balaban J connectivity index is 1.41. The number of nitrogens with zero attached hydrogens (tertiary/aromatic N) is 4. The number of fused-ring (bicyclic) bond motifs is 1. The third-order valence-electron chi connectivity index (χ3n) is 6.58. The molecule has 2 atom stereocenters. The van der Waals surface area contributed by atoms with Crippen molar-refractivity contribution in [2.75, 3.05) is 13.1 Å². The Morgan fingerprint density at radius 1 is 1.27 bits per heavy atom. The predicted molar refractivity (Wildman–Crippen MR) is 114 cm³/mol. The molecule has 6 nitrogen and oxygen atoms in total. The van der Waals surface area contributed by atoms with Gasteiger partial charge in [0.05, 0.1) is 17.3 Å². The zero-order valence-electron chi connectivity index (χ0n) is 16.9. The van der Waals surface area contributed by atoms with Gasteiger partial charge in [0.1, 0.15) is 17.0 Å². The number of likely N-dealkylation sites (tertiary alicyclic amines) is 1. The van der Waals surface area contributed by atoms with E-state index in [9.17, 15) is 9.18 Å². The first-order chi connectivity index (χ1) is 14.5. The summed E-state index contributed by atoms with van der Waals surface area (Å²) in [6.07, 6.45) is 6.23. The van der Waals surface area contributed by atoms with Gasteiger partial charge in [-0.25, -0.2) is 14.1 Å². The van der Waals surface area contributed by atoms with Crippen LogP contribution in [0.15, 0.2) is 29.2 Å². The van der Waals surface area contributed by atoms with Crippen molar-refractivity contribution in [3.05, 3.63) is 57.0 Å². The average molecular weight is 430 g/mol. The minimum atomic E-state index is -0.401. The monoisotopic (exact) mass is 429 g/mol. The summed E-state index contributed by atoms with van der Waals surface area (Å²) in [5, 5.41) is 5.20. The lowest BCUT2D eigenvalue weighted by Gasteiger charge is -2.16. The standard InChI is InChI=1S/C22H25ClFN5O/c1-13-10-28(11-14-6-7-19(24)18(23)8-14)12-17(13)20-26-21-16(22(30)27-20)9-25-29(21)15-4-2-3-5-15/h6-9,13,15,17H,2-5,10-12H2,1H3,(H,26,27,30)/t13-,17-/m1/s1. The van der Waals surface area contributed by atoms with Crippen molar-refractivity contribution in [1.82, 2.24) is 24.6 Å². The van der Waals surface area contributed by atoms with Crippen LogP contribution in [-0.4, -0.2) is 37.7 Å². The van der Waals surface area contributed by atoms with Gasteiger partial charge in [0.15, 0.2) is 5.65 Å². The van der Waals surface area contributed by atoms with Crippen molar-refractivity contribution in [1.29, 1.82) is 0 Å². The Hall–Kier alpha value is -2.25. The van der Waals surface area contributed by atoms with Crippen LogP contribution in [0.2, 0.25) is 5.02 Å². The Labute approximate surface area is 179 Å². The molecule has 30 heavy (non-hydrogen) atoms. The van der Waals surface area contributed by atoms with Crippen molar-refractivity contribution < 1.29 is 4.39 Å². The van der Waals surface area contributed by atoms with E-state index in [1.165, 1.54) is 18.9 Å². The zero-order valence-corrected chi connectivity index (χ0v) is 17.7. The first-order valence-electron chi connectivity index (χ1n) is 10.6. The maximum Gasteiger partial charge on any atom is 0.262 e. The predicted octanol–water partition coefficient (Wildman–Crippen LogP) is 4.26. The summed E-state index contributed by atoms with van der Waals surface area (Å²) >= 11 is 5.93. The molecule has 1 aliphatic carbocycles. The van der Waals surface area contributed by atoms with Crippen LogP contribution in [0.5, 0.6) is 0 Å². The number of nitrogens with one attached hydrogen (secondary N) is 1. The smallest absolute Gasteiger partial charge is 0.262 e. The second-order valence-corrected chi connectivity index (χ2v) is 9.15. The largest absolute Gasteiger partial charge is 0.310 e. The molecule has 2 fully saturated rings. The maximum atomic E-state index is 13.4. The summed E-state index contributed by atoms with van der Waals surface area (Å²) < 4.78 is 15.4. The third kappa shape index (κ3) is 3.54. The average Bonchev–Trinajstić information content (AvgIpc) is 3.44. The van der Waals surface area contributed by atoms with Crippen molar-refractivity contribution in [3.63, 3.8) is 0 Å². The van der Waals surface area contributed by atoms with E-state index in [4.69, 9.17) is 16.6 Å². The van der Waals surface area contributed by atoms with Crippen LogP contribution >= 0.6 is 11.6 Å². The van der Waals surface area contributed by atoms with Crippen LogP contribution < -0.4 is 5.56 Å². The Kier molecular flexibility index (Phi) is 5.11. The van der Waals surface area contributed by atoms with Crippen LogP contribution in [0.25, 0.3) is 11.0 Å². The summed E-state index contributed by atoms with van der Waals surface area (Å²) in [5.41, 5.74) is 1.57. The van der Waals surface area contributed by atoms with Crippen LogP contribution in [0.3, 0.4) is 0 Å². The lowest BCUT2D eigenvalue weighted by molar-refractivity contribution is 0.318. The first kappa shape index (κ1) is 19.7. The number of aromatic nitrogens is 4. The van der Waals surface area contributed by atoms with E-state index in [2.05, 4.69) is 21.9 Å². The highest BCUT2D eigenvalue weighted by Crippen LogP contribution is 2.33. The number of hydrogen-bond donors (Lipinski definition) is 1. The molecule has 2 aromatic heterocycles. The Bertz CT molecular complexity index is 1140. The van der Waals surface area contributed by atoms with Gasteiger partial charge in [0.25, 0.3) is 5.56 Å². The van der Waals surface area contributed by atoms with Gasteiger partial charge in [-0.3, -0.25) is 9.69 Å². The van der Waals surface area contributed by atoms with E-state index < -0.39 is 5.82 Å². The van der Waals surface area contributed by atoms with E-state index >= 15 is 0 Å². The van der Waals surface area contributed by atoms with Gasteiger partial charge < -0.3 is 4.98 Å². The Morgan fingerprint density at radius 3 is 2.83 bits per heavy atom.